The highest BCUT2D eigenvalue weighted by molar-refractivity contribution is 6.21. The number of likely N-dealkylation sites (tertiary alicyclic amines) is 1. The van der Waals surface area contributed by atoms with Gasteiger partial charge in [-0.3, -0.25) is 19.8 Å². The Morgan fingerprint density at radius 1 is 0.886 bits per heavy atom. The molecule has 2 aliphatic rings. The standard InChI is InChI=1S/C35H42N4O5/c1-39(2,23-11-10-20-38-33(41)30-15-6-7-16-31(30)34(38)42)25-27(40)24-37-21-18-28(19-22-37)44-35(43)36-32-17-9-8-14-29(32)26-12-4-3-5-13-26/h3-9,12-17,27-28,40H,10-11,18-25H2,1-2H3/p+1. The van der Waals surface area contributed by atoms with Crippen LogP contribution in [-0.2, 0) is 4.74 Å². The average Bonchev–Trinajstić information content (AvgIpc) is 3.25. The van der Waals surface area contributed by atoms with Gasteiger partial charge in [0.15, 0.2) is 0 Å². The number of amides is 3. The summed E-state index contributed by atoms with van der Waals surface area (Å²) in [6, 6.07) is 24.6. The lowest BCUT2D eigenvalue weighted by molar-refractivity contribution is -0.893. The lowest BCUT2D eigenvalue weighted by Gasteiger charge is -2.36. The summed E-state index contributed by atoms with van der Waals surface area (Å²) in [6.07, 6.45) is 1.90. The zero-order valence-electron chi connectivity index (χ0n) is 25.7. The summed E-state index contributed by atoms with van der Waals surface area (Å²) in [5, 5.41) is 13.8. The quantitative estimate of drug-likeness (QED) is 0.175. The van der Waals surface area contributed by atoms with Crippen molar-refractivity contribution in [2.45, 2.75) is 37.9 Å². The number of β-amino-alcohol motifs (C(OH)–C–C–N with tert-alkyl or cyclic N) is 1. The van der Waals surface area contributed by atoms with Crippen LogP contribution in [-0.4, -0.2) is 103 Å². The molecule has 0 aromatic heterocycles. The predicted octanol–water partition coefficient (Wildman–Crippen LogP) is 4.88. The number of carbonyl (C=O) groups is 3. The number of aliphatic hydroxyl groups is 1. The van der Waals surface area contributed by atoms with E-state index < -0.39 is 12.2 Å². The Hall–Kier alpha value is -4.05. The van der Waals surface area contributed by atoms with E-state index in [-0.39, 0.29) is 17.9 Å². The van der Waals surface area contributed by atoms with Crippen molar-refractivity contribution in [2.24, 2.45) is 0 Å². The number of carbonyl (C=O) groups excluding carboxylic acids is 3. The van der Waals surface area contributed by atoms with E-state index in [1.807, 2.05) is 54.6 Å². The van der Waals surface area contributed by atoms with E-state index in [9.17, 15) is 19.5 Å². The minimum atomic E-state index is -0.489. The SMILES string of the molecule is C[N+](C)(CCCCN1C(=O)c2ccccc2C1=O)CC(O)CN1CCC(OC(=O)Nc2ccccc2-c2ccccc2)CC1. The molecule has 0 aliphatic carbocycles. The van der Waals surface area contributed by atoms with Crippen LogP contribution in [0.15, 0.2) is 78.9 Å². The largest absolute Gasteiger partial charge is 0.446 e. The van der Waals surface area contributed by atoms with Crippen LogP contribution in [0.3, 0.4) is 0 Å². The van der Waals surface area contributed by atoms with Gasteiger partial charge in [-0.15, -0.1) is 0 Å². The molecule has 0 saturated carbocycles. The number of hydrogen-bond acceptors (Lipinski definition) is 6. The third-order valence-corrected chi connectivity index (χ3v) is 8.50. The van der Waals surface area contributed by atoms with Crippen LogP contribution in [0.5, 0.6) is 0 Å². The molecular weight excluding hydrogens is 556 g/mol. The van der Waals surface area contributed by atoms with Gasteiger partial charge in [0.2, 0.25) is 0 Å². The highest BCUT2D eigenvalue weighted by Crippen LogP contribution is 2.28. The molecule has 3 aromatic rings. The summed E-state index contributed by atoms with van der Waals surface area (Å²) in [7, 11) is 4.19. The molecule has 2 N–H and O–H groups in total. The molecular formula is C35H43N4O5+. The molecule has 9 heteroatoms. The fraction of sp³-hybridized carbons (Fsp3) is 0.400. The molecule has 9 nitrogen and oxygen atoms in total. The Morgan fingerprint density at radius 2 is 1.48 bits per heavy atom. The van der Waals surface area contributed by atoms with Gasteiger partial charge in [0.1, 0.15) is 18.8 Å². The van der Waals surface area contributed by atoms with E-state index in [0.717, 1.165) is 56.4 Å². The fourth-order valence-corrected chi connectivity index (χ4v) is 6.23. The molecule has 0 bridgehead atoms. The van der Waals surface area contributed by atoms with E-state index in [1.165, 1.54) is 4.90 Å². The number of imide groups is 1. The molecule has 2 aliphatic heterocycles. The van der Waals surface area contributed by atoms with Gasteiger partial charge in [0, 0.05) is 31.7 Å². The van der Waals surface area contributed by atoms with Gasteiger partial charge < -0.3 is 19.2 Å². The molecule has 5 rings (SSSR count). The van der Waals surface area contributed by atoms with Crippen LogP contribution in [0, 0.1) is 0 Å². The first kappa shape index (κ1) is 31.4. The maximum atomic E-state index is 12.7. The van der Waals surface area contributed by atoms with Crippen LogP contribution < -0.4 is 5.32 Å². The number of benzene rings is 3. The van der Waals surface area contributed by atoms with Gasteiger partial charge >= 0.3 is 6.09 Å². The number of unbranched alkanes of at least 4 members (excludes halogenated alkanes) is 1. The highest BCUT2D eigenvalue weighted by Gasteiger charge is 2.34. The second-order valence-corrected chi connectivity index (χ2v) is 12.5. The van der Waals surface area contributed by atoms with Crippen LogP contribution >= 0.6 is 0 Å². The van der Waals surface area contributed by atoms with E-state index in [4.69, 9.17) is 4.74 Å². The Labute approximate surface area is 259 Å². The molecule has 1 fully saturated rings. The molecule has 3 amide bonds. The Balaban J connectivity index is 0.994. The Bertz CT molecular complexity index is 1420. The van der Waals surface area contributed by atoms with Gasteiger partial charge in [0.05, 0.1) is 37.5 Å². The molecule has 0 spiro atoms. The fourth-order valence-electron chi connectivity index (χ4n) is 6.23. The monoisotopic (exact) mass is 599 g/mol. The van der Waals surface area contributed by atoms with E-state index in [1.54, 1.807) is 24.3 Å². The van der Waals surface area contributed by atoms with Crippen molar-refractivity contribution in [1.29, 1.82) is 0 Å². The first-order valence-corrected chi connectivity index (χ1v) is 15.5. The van der Waals surface area contributed by atoms with Crippen molar-refractivity contribution in [3.05, 3.63) is 90.0 Å². The van der Waals surface area contributed by atoms with E-state index >= 15 is 0 Å². The smallest absolute Gasteiger partial charge is 0.411 e. The topological polar surface area (TPSA) is 99.2 Å². The zero-order chi connectivity index (χ0) is 31.1. The lowest BCUT2D eigenvalue weighted by Crippen LogP contribution is -2.50. The first-order chi connectivity index (χ1) is 21.2. The van der Waals surface area contributed by atoms with Crippen LogP contribution in [0.2, 0.25) is 0 Å². The summed E-state index contributed by atoms with van der Waals surface area (Å²) >= 11 is 0. The number of anilines is 1. The molecule has 1 atom stereocenters. The number of para-hydroxylation sites is 1. The van der Waals surface area contributed by atoms with Crippen molar-refractivity contribution >= 4 is 23.6 Å². The average molecular weight is 600 g/mol. The van der Waals surface area contributed by atoms with Gasteiger partial charge in [0.25, 0.3) is 11.8 Å². The number of nitrogens with one attached hydrogen (secondary N) is 1. The third-order valence-electron chi connectivity index (χ3n) is 8.50. The Kier molecular flexibility index (Phi) is 10.1. The van der Waals surface area contributed by atoms with Crippen molar-refractivity contribution < 1.29 is 28.7 Å². The highest BCUT2D eigenvalue weighted by atomic mass is 16.6. The second kappa shape index (κ2) is 14.2. The number of rotatable bonds is 12. The number of nitrogens with zero attached hydrogens (tertiary/aromatic N) is 3. The van der Waals surface area contributed by atoms with E-state index in [0.29, 0.717) is 40.9 Å². The van der Waals surface area contributed by atoms with Crippen LogP contribution in [0.25, 0.3) is 11.1 Å². The predicted molar refractivity (Wildman–Crippen MR) is 170 cm³/mol. The van der Waals surface area contributed by atoms with Crippen LogP contribution in [0.1, 0.15) is 46.4 Å². The molecule has 232 valence electrons. The minimum Gasteiger partial charge on any atom is -0.446 e. The summed E-state index contributed by atoms with van der Waals surface area (Å²) in [4.78, 5) is 41.5. The summed E-state index contributed by atoms with van der Waals surface area (Å²) < 4.78 is 6.40. The van der Waals surface area contributed by atoms with Gasteiger partial charge in [-0.2, -0.15) is 0 Å². The van der Waals surface area contributed by atoms with Gasteiger partial charge in [-0.1, -0.05) is 60.7 Å². The molecule has 0 radical (unpaired) electrons. The number of piperidine rings is 1. The maximum absolute atomic E-state index is 12.7. The molecule has 44 heavy (non-hydrogen) atoms. The summed E-state index contributed by atoms with van der Waals surface area (Å²) in [5.74, 6) is -0.420. The van der Waals surface area contributed by atoms with Crippen molar-refractivity contribution in [2.75, 3.05) is 58.7 Å². The molecule has 1 saturated heterocycles. The van der Waals surface area contributed by atoms with E-state index in [2.05, 4.69) is 24.3 Å². The molecule has 1 unspecified atom stereocenters. The first-order valence-electron chi connectivity index (χ1n) is 15.5. The zero-order valence-corrected chi connectivity index (χ0v) is 25.7. The van der Waals surface area contributed by atoms with Gasteiger partial charge in [-0.05, 0) is 49.4 Å². The lowest BCUT2D eigenvalue weighted by atomic mass is 10.0. The number of hydrogen-bond donors (Lipinski definition) is 2. The molecule has 2 heterocycles. The number of aliphatic hydroxyl groups excluding tert-OH is 1. The number of ether oxygens (including phenoxy) is 1. The van der Waals surface area contributed by atoms with Crippen molar-refractivity contribution in [3.63, 3.8) is 0 Å². The number of likely N-dealkylation sites (N-methyl/N-ethyl adjacent to an activating group) is 1. The van der Waals surface area contributed by atoms with Crippen molar-refractivity contribution in [3.8, 4) is 11.1 Å². The third kappa shape index (κ3) is 7.91. The summed E-state index contributed by atoms with van der Waals surface area (Å²) in [6.45, 7) is 3.92. The second-order valence-electron chi connectivity index (χ2n) is 12.5. The summed E-state index contributed by atoms with van der Waals surface area (Å²) in [5.41, 5.74) is 3.66. The Morgan fingerprint density at radius 3 is 2.14 bits per heavy atom. The van der Waals surface area contributed by atoms with Gasteiger partial charge in [-0.25, -0.2) is 4.79 Å². The minimum absolute atomic E-state index is 0.165. The number of quaternary nitrogens is 1. The molecule has 3 aromatic carbocycles. The van der Waals surface area contributed by atoms with Crippen LogP contribution in [0.4, 0.5) is 10.5 Å². The number of fused-ring (bicyclic) bond motifs is 1. The van der Waals surface area contributed by atoms with Crippen molar-refractivity contribution in [1.82, 2.24) is 9.80 Å². The normalized spacial score (nSPS) is 16.6. The maximum Gasteiger partial charge on any atom is 0.411 e.